The first-order chi connectivity index (χ1) is 11.7. The van der Waals surface area contributed by atoms with Gasteiger partial charge in [-0.05, 0) is 31.5 Å². The second-order valence-corrected chi connectivity index (χ2v) is 5.92. The number of hydrogen-bond acceptors (Lipinski definition) is 4. The molecule has 1 aliphatic heterocycles. The highest BCUT2D eigenvalue weighted by atomic mass is 16.5. The van der Waals surface area contributed by atoms with Gasteiger partial charge < -0.3 is 20.1 Å². The van der Waals surface area contributed by atoms with E-state index < -0.39 is 0 Å². The standard InChI is InChI=1S/C18H30N4O2/c1-4-19-18(20-13-15(2)22-8-10-24-11-9-22)21-14-16-6-5-7-17(12-16)23-3/h5-7,12,15H,4,8-11,13-14H2,1-3H3,(H2,19,20,21). The Morgan fingerprint density at radius 1 is 1.33 bits per heavy atom. The first kappa shape index (κ1) is 18.5. The lowest BCUT2D eigenvalue weighted by molar-refractivity contribution is 0.0211. The zero-order valence-electron chi connectivity index (χ0n) is 15.0. The van der Waals surface area contributed by atoms with Crippen molar-refractivity contribution in [3.8, 4) is 5.75 Å². The summed E-state index contributed by atoms with van der Waals surface area (Å²) in [7, 11) is 1.68. The minimum Gasteiger partial charge on any atom is -0.497 e. The van der Waals surface area contributed by atoms with Gasteiger partial charge >= 0.3 is 0 Å². The molecule has 0 aliphatic carbocycles. The molecule has 1 fully saturated rings. The second kappa shape index (κ2) is 10.2. The minimum atomic E-state index is 0.453. The number of benzene rings is 1. The first-order valence-corrected chi connectivity index (χ1v) is 8.69. The Bertz CT molecular complexity index is 515. The summed E-state index contributed by atoms with van der Waals surface area (Å²) in [4.78, 5) is 7.12. The highest BCUT2D eigenvalue weighted by molar-refractivity contribution is 5.79. The number of nitrogens with zero attached hydrogens (tertiary/aromatic N) is 2. The van der Waals surface area contributed by atoms with Crippen LogP contribution in [-0.2, 0) is 11.3 Å². The zero-order chi connectivity index (χ0) is 17.2. The van der Waals surface area contributed by atoms with Gasteiger partial charge in [-0.25, -0.2) is 4.99 Å². The van der Waals surface area contributed by atoms with Crippen molar-refractivity contribution in [3.05, 3.63) is 29.8 Å². The molecular weight excluding hydrogens is 304 g/mol. The third-order valence-electron chi connectivity index (χ3n) is 4.13. The summed E-state index contributed by atoms with van der Waals surface area (Å²) in [6, 6.07) is 8.47. The van der Waals surface area contributed by atoms with E-state index >= 15 is 0 Å². The molecule has 0 bridgehead atoms. The number of methoxy groups -OCH3 is 1. The molecular formula is C18H30N4O2. The van der Waals surface area contributed by atoms with E-state index in [9.17, 15) is 0 Å². The SMILES string of the molecule is CCNC(=NCc1cccc(OC)c1)NCC(C)N1CCOCC1. The summed E-state index contributed by atoms with van der Waals surface area (Å²) in [6.45, 7) is 10.3. The monoisotopic (exact) mass is 334 g/mol. The molecule has 1 aromatic rings. The molecule has 0 radical (unpaired) electrons. The van der Waals surface area contributed by atoms with Crippen LogP contribution in [0.4, 0.5) is 0 Å². The first-order valence-electron chi connectivity index (χ1n) is 8.69. The van der Waals surface area contributed by atoms with E-state index in [4.69, 9.17) is 9.47 Å². The largest absolute Gasteiger partial charge is 0.497 e. The Hall–Kier alpha value is -1.79. The normalized spacial score (nSPS) is 17.4. The van der Waals surface area contributed by atoms with E-state index in [1.165, 1.54) is 0 Å². The zero-order valence-corrected chi connectivity index (χ0v) is 15.0. The molecule has 1 aromatic carbocycles. The van der Waals surface area contributed by atoms with E-state index in [1.54, 1.807) is 7.11 Å². The molecule has 2 N–H and O–H groups in total. The van der Waals surface area contributed by atoms with Gasteiger partial charge in [0.25, 0.3) is 0 Å². The van der Waals surface area contributed by atoms with Gasteiger partial charge in [0.15, 0.2) is 5.96 Å². The average Bonchev–Trinajstić information content (AvgIpc) is 2.64. The van der Waals surface area contributed by atoms with Crippen molar-refractivity contribution in [3.63, 3.8) is 0 Å². The predicted molar refractivity (Wildman–Crippen MR) is 97.7 cm³/mol. The maximum atomic E-state index is 5.41. The van der Waals surface area contributed by atoms with Crippen LogP contribution in [0.3, 0.4) is 0 Å². The lowest BCUT2D eigenvalue weighted by atomic mass is 10.2. The highest BCUT2D eigenvalue weighted by Crippen LogP contribution is 2.13. The fourth-order valence-electron chi connectivity index (χ4n) is 2.67. The summed E-state index contributed by atoms with van der Waals surface area (Å²) in [5.74, 6) is 1.71. The van der Waals surface area contributed by atoms with Crippen LogP contribution < -0.4 is 15.4 Å². The van der Waals surface area contributed by atoms with Crippen molar-refractivity contribution >= 4 is 5.96 Å². The van der Waals surface area contributed by atoms with E-state index in [-0.39, 0.29) is 0 Å². The fourth-order valence-corrected chi connectivity index (χ4v) is 2.67. The van der Waals surface area contributed by atoms with Crippen LogP contribution in [0, 0.1) is 0 Å². The van der Waals surface area contributed by atoms with E-state index in [1.807, 2.05) is 18.2 Å². The molecule has 24 heavy (non-hydrogen) atoms. The number of nitrogens with one attached hydrogen (secondary N) is 2. The molecule has 1 atom stereocenters. The van der Waals surface area contributed by atoms with Crippen molar-refractivity contribution in [2.75, 3.05) is 46.5 Å². The summed E-state index contributed by atoms with van der Waals surface area (Å²) in [5.41, 5.74) is 1.13. The van der Waals surface area contributed by atoms with E-state index in [0.717, 1.165) is 56.7 Å². The number of ether oxygens (including phenoxy) is 2. The van der Waals surface area contributed by atoms with Crippen LogP contribution in [0.1, 0.15) is 19.4 Å². The van der Waals surface area contributed by atoms with Crippen LogP contribution in [-0.4, -0.2) is 63.4 Å². The quantitative estimate of drug-likeness (QED) is 0.584. The van der Waals surface area contributed by atoms with Gasteiger partial charge in [-0.15, -0.1) is 0 Å². The second-order valence-electron chi connectivity index (χ2n) is 5.92. The number of guanidine groups is 1. The van der Waals surface area contributed by atoms with Crippen LogP contribution >= 0.6 is 0 Å². The lowest BCUT2D eigenvalue weighted by Crippen LogP contribution is -2.49. The molecule has 0 amide bonds. The summed E-state index contributed by atoms with van der Waals surface area (Å²) >= 11 is 0. The van der Waals surface area contributed by atoms with Gasteiger partial charge in [0.2, 0.25) is 0 Å². The molecule has 1 aliphatic rings. The van der Waals surface area contributed by atoms with Crippen LogP contribution in [0.2, 0.25) is 0 Å². The van der Waals surface area contributed by atoms with Crippen molar-refractivity contribution in [2.45, 2.75) is 26.4 Å². The molecule has 0 spiro atoms. The van der Waals surface area contributed by atoms with Gasteiger partial charge in [0, 0.05) is 32.2 Å². The van der Waals surface area contributed by atoms with Crippen LogP contribution in [0.25, 0.3) is 0 Å². The minimum absolute atomic E-state index is 0.453. The fraction of sp³-hybridized carbons (Fsp3) is 0.611. The molecule has 6 heteroatoms. The summed E-state index contributed by atoms with van der Waals surface area (Å²) in [5, 5.41) is 6.75. The van der Waals surface area contributed by atoms with E-state index in [2.05, 4.69) is 40.4 Å². The summed E-state index contributed by atoms with van der Waals surface area (Å²) in [6.07, 6.45) is 0. The summed E-state index contributed by atoms with van der Waals surface area (Å²) < 4.78 is 10.7. The third kappa shape index (κ3) is 6.02. The van der Waals surface area contributed by atoms with Gasteiger partial charge in [-0.3, -0.25) is 4.90 Å². The maximum absolute atomic E-state index is 5.41. The molecule has 0 saturated carbocycles. The van der Waals surface area contributed by atoms with Crippen molar-refractivity contribution in [1.82, 2.24) is 15.5 Å². The number of aliphatic imine (C=N–C) groups is 1. The van der Waals surface area contributed by atoms with Gasteiger partial charge in [0.05, 0.1) is 26.9 Å². The van der Waals surface area contributed by atoms with Crippen molar-refractivity contribution in [2.24, 2.45) is 4.99 Å². The van der Waals surface area contributed by atoms with Crippen molar-refractivity contribution in [1.29, 1.82) is 0 Å². The van der Waals surface area contributed by atoms with Crippen LogP contribution in [0.15, 0.2) is 29.3 Å². The number of morpholine rings is 1. The smallest absolute Gasteiger partial charge is 0.191 e. The molecule has 1 unspecified atom stereocenters. The predicted octanol–water partition coefficient (Wildman–Crippen LogP) is 1.47. The lowest BCUT2D eigenvalue weighted by Gasteiger charge is -2.32. The van der Waals surface area contributed by atoms with E-state index in [0.29, 0.717) is 12.6 Å². The highest BCUT2D eigenvalue weighted by Gasteiger charge is 2.16. The molecule has 2 rings (SSSR count). The number of hydrogen-bond donors (Lipinski definition) is 2. The average molecular weight is 334 g/mol. The number of rotatable bonds is 7. The molecule has 134 valence electrons. The van der Waals surface area contributed by atoms with Gasteiger partial charge in [-0.1, -0.05) is 12.1 Å². The molecule has 6 nitrogen and oxygen atoms in total. The Kier molecular flexibility index (Phi) is 7.85. The Morgan fingerprint density at radius 3 is 2.83 bits per heavy atom. The van der Waals surface area contributed by atoms with Gasteiger partial charge in [-0.2, -0.15) is 0 Å². The van der Waals surface area contributed by atoms with Gasteiger partial charge in [0.1, 0.15) is 5.75 Å². The molecule has 1 heterocycles. The Labute approximate surface area is 145 Å². The van der Waals surface area contributed by atoms with Crippen molar-refractivity contribution < 1.29 is 9.47 Å². The Morgan fingerprint density at radius 2 is 2.12 bits per heavy atom. The third-order valence-corrected chi connectivity index (χ3v) is 4.13. The maximum Gasteiger partial charge on any atom is 0.191 e. The molecule has 0 aromatic heterocycles. The topological polar surface area (TPSA) is 58.1 Å². The Balaban J connectivity index is 1.87. The molecule has 1 saturated heterocycles. The van der Waals surface area contributed by atoms with Crippen LogP contribution in [0.5, 0.6) is 5.75 Å².